The van der Waals surface area contributed by atoms with Gasteiger partial charge in [0.05, 0.1) is 0 Å². The van der Waals surface area contributed by atoms with Crippen molar-refractivity contribution in [3.63, 3.8) is 0 Å². The van der Waals surface area contributed by atoms with E-state index in [9.17, 15) is 9.18 Å². The first kappa shape index (κ1) is 14.3. The number of hydrogen-bond acceptors (Lipinski definition) is 3. The molecule has 2 atom stereocenters. The predicted octanol–water partition coefficient (Wildman–Crippen LogP) is 1.78. The lowest BCUT2D eigenvalue weighted by atomic mass is 10.0. The first-order valence-electron chi connectivity index (χ1n) is 6.56. The Morgan fingerprint density at radius 3 is 2.85 bits per heavy atom. The topological polar surface area (TPSA) is 87.7 Å². The van der Waals surface area contributed by atoms with Gasteiger partial charge in [0.1, 0.15) is 11.7 Å². The molecule has 2 unspecified atom stereocenters. The number of nitrogens with two attached hydrogens (primary N) is 1. The van der Waals surface area contributed by atoms with Gasteiger partial charge < -0.3 is 16.3 Å². The lowest BCUT2D eigenvalue weighted by molar-refractivity contribution is 0.0932. The Morgan fingerprint density at radius 1 is 1.45 bits per heavy atom. The highest BCUT2D eigenvalue weighted by atomic mass is 19.1. The second kappa shape index (κ2) is 5.90. The molecule has 1 aliphatic carbocycles. The third kappa shape index (κ3) is 3.07. The molecule has 1 aliphatic rings. The standard InChI is InChI=1S/C14H18FN3O2/c1-8-5-9(7-10(15)6-8)14(19)17-12-4-2-3-11(12)13(16)18-20/h5-7,11-12,20H,2-4H2,1H3,(H2,16,18)(H,17,19). The Bertz CT molecular complexity index is 525. The minimum absolute atomic E-state index is 0.128. The minimum Gasteiger partial charge on any atom is -0.409 e. The van der Waals surface area contributed by atoms with Crippen LogP contribution in [0.15, 0.2) is 23.4 Å². The van der Waals surface area contributed by atoms with E-state index in [-0.39, 0.29) is 29.3 Å². The Hall–Kier alpha value is -2.11. The molecule has 0 heterocycles. The Kier molecular flexibility index (Phi) is 4.22. The number of rotatable bonds is 3. The number of amidine groups is 1. The van der Waals surface area contributed by atoms with Crippen LogP contribution in [0.3, 0.4) is 0 Å². The van der Waals surface area contributed by atoms with Gasteiger partial charge in [0.2, 0.25) is 0 Å². The van der Waals surface area contributed by atoms with E-state index in [1.54, 1.807) is 13.0 Å². The summed E-state index contributed by atoms with van der Waals surface area (Å²) in [7, 11) is 0. The van der Waals surface area contributed by atoms with Gasteiger partial charge in [0.25, 0.3) is 5.91 Å². The molecule has 6 heteroatoms. The van der Waals surface area contributed by atoms with E-state index in [1.165, 1.54) is 12.1 Å². The van der Waals surface area contributed by atoms with Crippen molar-refractivity contribution < 1.29 is 14.4 Å². The second-order valence-corrected chi connectivity index (χ2v) is 5.16. The van der Waals surface area contributed by atoms with E-state index in [2.05, 4.69) is 10.5 Å². The fourth-order valence-corrected chi connectivity index (χ4v) is 2.68. The SMILES string of the molecule is Cc1cc(F)cc(C(=O)NC2CCCC2/C(N)=N/O)c1. The minimum atomic E-state index is -0.436. The summed E-state index contributed by atoms with van der Waals surface area (Å²) in [6.45, 7) is 1.73. The normalized spacial score (nSPS) is 22.8. The van der Waals surface area contributed by atoms with E-state index in [1.807, 2.05) is 0 Å². The number of amides is 1. The van der Waals surface area contributed by atoms with Crippen LogP contribution in [-0.2, 0) is 0 Å². The lowest BCUT2D eigenvalue weighted by Gasteiger charge is -2.20. The summed E-state index contributed by atoms with van der Waals surface area (Å²) in [5.74, 6) is -0.813. The highest BCUT2D eigenvalue weighted by molar-refractivity contribution is 5.95. The van der Waals surface area contributed by atoms with Crippen molar-refractivity contribution in [1.29, 1.82) is 0 Å². The molecular formula is C14H18FN3O2. The predicted molar refractivity (Wildman–Crippen MR) is 73.1 cm³/mol. The van der Waals surface area contributed by atoms with Crippen LogP contribution >= 0.6 is 0 Å². The molecule has 0 aromatic heterocycles. The molecule has 5 nitrogen and oxygen atoms in total. The number of halogens is 1. The average Bonchev–Trinajstić information content (AvgIpc) is 2.84. The van der Waals surface area contributed by atoms with Crippen LogP contribution in [0.4, 0.5) is 4.39 Å². The molecule has 1 saturated carbocycles. The van der Waals surface area contributed by atoms with Crippen LogP contribution in [0.2, 0.25) is 0 Å². The van der Waals surface area contributed by atoms with Gasteiger partial charge in [-0.05, 0) is 43.5 Å². The lowest BCUT2D eigenvalue weighted by Crippen LogP contribution is -2.42. The first-order chi connectivity index (χ1) is 9.51. The zero-order valence-corrected chi connectivity index (χ0v) is 11.3. The number of hydrogen-bond donors (Lipinski definition) is 3. The number of aryl methyl sites for hydroxylation is 1. The summed E-state index contributed by atoms with van der Waals surface area (Å²) < 4.78 is 13.3. The highest BCUT2D eigenvalue weighted by Gasteiger charge is 2.32. The summed E-state index contributed by atoms with van der Waals surface area (Å²) in [5, 5.41) is 14.6. The summed E-state index contributed by atoms with van der Waals surface area (Å²) in [6.07, 6.45) is 2.43. The molecular weight excluding hydrogens is 261 g/mol. The van der Waals surface area contributed by atoms with Crippen LogP contribution in [0, 0.1) is 18.7 Å². The van der Waals surface area contributed by atoms with Gasteiger partial charge in [-0.3, -0.25) is 4.79 Å². The van der Waals surface area contributed by atoms with Crippen molar-refractivity contribution in [2.75, 3.05) is 0 Å². The molecule has 1 fully saturated rings. The number of nitrogens with one attached hydrogen (secondary N) is 1. The van der Waals surface area contributed by atoms with Crippen molar-refractivity contribution in [2.45, 2.75) is 32.2 Å². The van der Waals surface area contributed by atoms with E-state index >= 15 is 0 Å². The third-order valence-corrected chi connectivity index (χ3v) is 3.63. The van der Waals surface area contributed by atoms with E-state index < -0.39 is 5.82 Å². The molecule has 1 aromatic rings. The van der Waals surface area contributed by atoms with Crippen LogP contribution < -0.4 is 11.1 Å². The van der Waals surface area contributed by atoms with E-state index in [4.69, 9.17) is 10.9 Å². The summed E-state index contributed by atoms with van der Waals surface area (Å²) >= 11 is 0. The maximum Gasteiger partial charge on any atom is 0.251 e. The molecule has 0 saturated heterocycles. The number of carbonyl (C=O) groups excluding carboxylic acids is 1. The molecule has 108 valence electrons. The van der Waals surface area contributed by atoms with Crippen LogP contribution in [0.5, 0.6) is 0 Å². The zero-order chi connectivity index (χ0) is 14.7. The van der Waals surface area contributed by atoms with Crippen molar-refractivity contribution in [1.82, 2.24) is 5.32 Å². The average molecular weight is 279 g/mol. The van der Waals surface area contributed by atoms with Gasteiger partial charge in [0.15, 0.2) is 0 Å². The fourth-order valence-electron chi connectivity index (χ4n) is 2.68. The largest absolute Gasteiger partial charge is 0.409 e. The van der Waals surface area contributed by atoms with Gasteiger partial charge >= 0.3 is 0 Å². The first-order valence-corrected chi connectivity index (χ1v) is 6.56. The molecule has 4 N–H and O–H groups in total. The van der Waals surface area contributed by atoms with Gasteiger partial charge in [0, 0.05) is 17.5 Å². The van der Waals surface area contributed by atoms with Gasteiger partial charge in [-0.15, -0.1) is 0 Å². The number of nitrogens with zero attached hydrogens (tertiary/aromatic N) is 1. The monoisotopic (exact) mass is 279 g/mol. The van der Waals surface area contributed by atoms with Crippen molar-refractivity contribution in [2.24, 2.45) is 16.8 Å². The van der Waals surface area contributed by atoms with Crippen molar-refractivity contribution >= 4 is 11.7 Å². The zero-order valence-electron chi connectivity index (χ0n) is 11.3. The number of benzene rings is 1. The summed E-state index contributed by atoms with van der Waals surface area (Å²) in [4.78, 5) is 12.1. The maximum atomic E-state index is 13.3. The Labute approximate surface area is 116 Å². The molecule has 0 bridgehead atoms. The summed E-state index contributed by atoms with van der Waals surface area (Å²) in [5.41, 5.74) is 6.59. The van der Waals surface area contributed by atoms with E-state index in [0.29, 0.717) is 5.56 Å². The van der Waals surface area contributed by atoms with Gasteiger partial charge in [-0.2, -0.15) is 0 Å². The van der Waals surface area contributed by atoms with Gasteiger partial charge in [-0.1, -0.05) is 11.6 Å². The van der Waals surface area contributed by atoms with Crippen LogP contribution in [-0.4, -0.2) is 23.0 Å². The van der Waals surface area contributed by atoms with Crippen LogP contribution in [0.1, 0.15) is 35.2 Å². The van der Waals surface area contributed by atoms with Crippen molar-refractivity contribution in [3.8, 4) is 0 Å². The van der Waals surface area contributed by atoms with Gasteiger partial charge in [-0.25, -0.2) is 4.39 Å². The number of oxime groups is 1. The van der Waals surface area contributed by atoms with Crippen molar-refractivity contribution in [3.05, 3.63) is 35.1 Å². The smallest absolute Gasteiger partial charge is 0.251 e. The molecule has 20 heavy (non-hydrogen) atoms. The van der Waals surface area contributed by atoms with Crippen LogP contribution in [0.25, 0.3) is 0 Å². The molecule has 0 spiro atoms. The fraction of sp³-hybridized carbons (Fsp3) is 0.429. The summed E-state index contributed by atoms with van der Waals surface area (Å²) in [6, 6.07) is 4.02. The molecule has 0 aliphatic heterocycles. The van der Waals surface area contributed by atoms with E-state index in [0.717, 1.165) is 19.3 Å². The molecule has 1 aromatic carbocycles. The Balaban J connectivity index is 2.11. The highest BCUT2D eigenvalue weighted by Crippen LogP contribution is 2.26. The maximum absolute atomic E-state index is 13.3. The number of carbonyl (C=O) groups is 1. The quantitative estimate of drug-likeness (QED) is 0.341. The third-order valence-electron chi connectivity index (χ3n) is 3.63. The molecule has 1 amide bonds. The Morgan fingerprint density at radius 2 is 2.20 bits per heavy atom. The molecule has 2 rings (SSSR count). The second-order valence-electron chi connectivity index (χ2n) is 5.16. The molecule has 0 radical (unpaired) electrons.